The summed E-state index contributed by atoms with van der Waals surface area (Å²) in [6.45, 7) is 0.706. The van der Waals surface area contributed by atoms with Crippen molar-refractivity contribution in [3.63, 3.8) is 0 Å². The monoisotopic (exact) mass is 376 g/mol. The Hall–Kier alpha value is -2.90. The van der Waals surface area contributed by atoms with Crippen molar-refractivity contribution in [3.05, 3.63) is 83.4 Å². The van der Waals surface area contributed by atoms with Gasteiger partial charge < -0.3 is 19.3 Å². The molecule has 2 atom stereocenters. The van der Waals surface area contributed by atoms with Crippen LogP contribution < -0.4 is 10.4 Å². The largest absolute Gasteiger partial charge is 0.491 e. The molecule has 2 aromatic rings. The van der Waals surface area contributed by atoms with Crippen molar-refractivity contribution < 1.29 is 18.8 Å². The molecule has 0 spiro atoms. The summed E-state index contributed by atoms with van der Waals surface area (Å²) in [4.78, 5) is 6.29. The fraction of sp³-hybridized carbons (Fsp3) is 0.190. The first kappa shape index (κ1) is 17.2. The second-order valence-corrected chi connectivity index (χ2v) is 7.02. The standard InChI is InChI=1S/C21H18BFN2O3/c23-18-8-15-12-28-22(26)17(15)10-21(18)25-13-24-19-9-16(6-7-20(19)25)27-11-14-4-2-1-3-5-14/h1-10,13,19-20,26H,11-12H2. The molecule has 0 bridgehead atoms. The summed E-state index contributed by atoms with van der Waals surface area (Å²) >= 11 is 0. The van der Waals surface area contributed by atoms with Gasteiger partial charge in [0.1, 0.15) is 18.2 Å². The van der Waals surface area contributed by atoms with E-state index in [2.05, 4.69) is 4.99 Å². The van der Waals surface area contributed by atoms with Crippen LogP contribution >= 0.6 is 0 Å². The Morgan fingerprint density at radius 1 is 1.29 bits per heavy atom. The van der Waals surface area contributed by atoms with Gasteiger partial charge in [0.2, 0.25) is 0 Å². The number of halogens is 1. The molecule has 3 aliphatic rings. The summed E-state index contributed by atoms with van der Waals surface area (Å²) in [7, 11) is -1.01. The Balaban J connectivity index is 1.33. The van der Waals surface area contributed by atoms with Gasteiger partial charge in [-0.1, -0.05) is 36.4 Å². The first-order chi connectivity index (χ1) is 13.7. The fourth-order valence-electron chi connectivity index (χ4n) is 3.73. The van der Waals surface area contributed by atoms with Gasteiger partial charge in [-0.2, -0.15) is 0 Å². The Bertz CT molecular complexity index is 993. The van der Waals surface area contributed by atoms with Crippen molar-refractivity contribution in [2.24, 2.45) is 4.99 Å². The van der Waals surface area contributed by atoms with Crippen LogP contribution in [0.2, 0.25) is 0 Å². The van der Waals surface area contributed by atoms with Crippen LogP contribution in [0.15, 0.2) is 71.4 Å². The third-order valence-corrected chi connectivity index (χ3v) is 5.22. The van der Waals surface area contributed by atoms with E-state index in [1.54, 1.807) is 17.3 Å². The van der Waals surface area contributed by atoms with Gasteiger partial charge >= 0.3 is 7.12 Å². The van der Waals surface area contributed by atoms with E-state index < -0.39 is 7.12 Å². The van der Waals surface area contributed by atoms with E-state index in [0.717, 1.165) is 11.3 Å². The zero-order valence-corrected chi connectivity index (χ0v) is 15.0. The van der Waals surface area contributed by atoms with Gasteiger partial charge in [0.15, 0.2) is 0 Å². The van der Waals surface area contributed by atoms with Gasteiger partial charge in [-0.15, -0.1) is 0 Å². The number of hydrogen-bond acceptors (Lipinski definition) is 5. The van der Waals surface area contributed by atoms with Crippen LogP contribution in [0.5, 0.6) is 0 Å². The van der Waals surface area contributed by atoms with E-state index in [1.165, 1.54) is 6.07 Å². The molecule has 1 aliphatic carbocycles. The lowest BCUT2D eigenvalue weighted by Gasteiger charge is -2.27. The molecule has 0 aromatic heterocycles. The normalized spacial score (nSPS) is 22.3. The predicted molar refractivity (Wildman–Crippen MR) is 106 cm³/mol. The molecule has 1 N–H and O–H groups in total. The maximum atomic E-state index is 14.7. The lowest BCUT2D eigenvalue weighted by Crippen LogP contribution is -2.37. The van der Waals surface area contributed by atoms with E-state index in [9.17, 15) is 9.41 Å². The minimum Gasteiger partial charge on any atom is -0.489 e. The number of anilines is 1. The molecule has 2 unspecified atom stereocenters. The van der Waals surface area contributed by atoms with Gasteiger partial charge in [-0.05, 0) is 40.9 Å². The summed E-state index contributed by atoms with van der Waals surface area (Å²) in [5, 5.41) is 9.92. The Morgan fingerprint density at radius 2 is 2.14 bits per heavy atom. The Kier molecular flexibility index (Phi) is 4.26. The number of ether oxygens (including phenoxy) is 1. The van der Waals surface area contributed by atoms with Gasteiger partial charge in [-0.25, -0.2) is 4.39 Å². The second kappa shape index (κ2) is 6.93. The molecule has 0 saturated heterocycles. The number of hydrogen-bond donors (Lipinski definition) is 1. The molecular formula is C21H18BFN2O3. The van der Waals surface area contributed by atoms with Crippen LogP contribution in [-0.2, 0) is 22.6 Å². The average molecular weight is 376 g/mol. The zero-order chi connectivity index (χ0) is 19.1. The van der Waals surface area contributed by atoms with Crippen LogP contribution in [-0.4, -0.2) is 30.6 Å². The third-order valence-electron chi connectivity index (χ3n) is 5.22. The summed E-state index contributed by atoms with van der Waals surface area (Å²) in [5.74, 6) is 0.398. The summed E-state index contributed by atoms with van der Waals surface area (Å²) < 4.78 is 25.7. The topological polar surface area (TPSA) is 54.3 Å². The molecule has 0 saturated carbocycles. The highest BCUT2D eigenvalue weighted by molar-refractivity contribution is 6.61. The first-order valence-electron chi connectivity index (χ1n) is 9.19. The molecule has 140 valence electrons. The summed E-state index contributed by atoms with van der Waals surface area (Å²) in [6, 6.07) is 12.8. The maximum absolute atomic E-state index is 14.7. The molecule has 2 aliphatic heterocycles. The van der Waals surface area contributed by atoms with Crippen molar-refractivity contribution >= 4 is 24.6 Å². The molecule has 7 heteroatoms. The van der Waals surface area contributed by atoms with Gasteiger partial charge in [0.25, 0.3) is 0 Å². The van der Waals surface area contributed by atoms with E-state index in [1.807, 2.05) is 48.6 Å². The van der Waals surface area contributed by atoms with Crippen molar-refractivity contribution in [3.8, 4) is 0 Å². The highest BCUT2D eigenvalue weighted by Gasteiger charge is 2.35. The van der Waals surface area contributed by atoms with Crippen molar-refractivity contribution in [2.45, 2.75) is 25.3 Å². The number of rotatable bonds is 4. The second-order valence-electron chi connectivity index (χ2n) is 7.02. The predicted octanol–water partition coefficient (Wildman–Crippen LogP) is 2.30. The van der Waals surface area contributed by atoms with Gasteiger partial charge in [0.05, 0.1) is 30.7 Å². The fourth-order valence-corrected chi connectivity index (χ4v) is 3.73. The number of fused-ring (bicyclic) bond motifs is 2. The van der Waals surface area contributed by atoms with Crippen molar-refractivity contribution in [1.29, 1.82) is 0 Å². The van der Waals surface area contributed by atoms with E-state index in [4.69, 9.17) is 9.39 Å². The quantitative estimate of drug-likeness (QED) is 0.833. The van der Waals surface area contributed by atoms with Gasteiger partial charge in [-0.3, -0.25) is 4.99 Å². The number of nitrogens with zero attached hydrogens (tertiary/aromatic N) is 2. The van der Waals surface area contributed by atoms with Crippen LogP contribution in [0, 0.1) is 5.82 Å². The molecule has 2 aromatic carbocycles. The number of allylic oxidation sites excluding steroid dienone is 1. The maximum Gasteiger partial charge on any atom is 0.491 e. The smallest absolute Gasteiger partial charge is 0.489 e. The molecule has 5 rings (SSSR count). The lowest BCUT2D eigenvalue weighted by atomic mass is 9.79. The molecule has 5 nitrogen and oxygen atoms in total. The molecular weight excluding hydrogens is 358 g/mol. The molecule has 28 heavy (non-hydrogen) atoms. The highest BCUT2D eigenvalue weighted by Crippen LogP contribution is 2.31. The number of benzene rings is 2. The molecule has 0 fully saturated rings. The van der Waals surface area contributed by atoms with Crippen molar-refractivity contribution in [1.82, 2.24) is 0 Å². The number of aliphatic imine (C=N–C) groups is 1. The van der Waals surface area contributed by atoms with Crippen LogP contribution in [0.3, 0.4) is 0 Å². The molecule has 0 radical (unpaired) electrons. The van der Waals surface area contributed by atoms with Crippen LogP contribution in [0.4, 0.5) is 10.1 Å². The van der Waals surface area contributed by atoms with E-state index in [0.29, 0.717) is 23.3 Å². The lowest BCUT2D eigenvalue weighted by molar-refractivity contribution is 0.208. The zero-order valence-electron chi connectivity index (χ0n) is 15.0. The van der Waals surface area contributed by atoms with E-state index in [-0.39, 0.29) is 24.5 Å². The van der Waals surface area contributed by atoms with Crippen LogP contribution in [0.25, 0.3) is 0 Å². The Morgan fingerprint density at radius 3 is 3.00 bits per heavy atom. The average Bonchev–Trinajstić information content (AvgIpc) is 3.29. The minimum atomic E-state index is -1.01. The van der Waals surface area contributed by atoms with E-state index >= 15 is 0 Å². The van der Waals surface area contributed by atoms with Crippen LogP contribution in [0.1, 0.15) is 11.1 Å². The Labute approximate surface area is 162 Å². The minimum absolute atomic E-state index is 0.129. The third kappa shape index (κ3) is 3.02. The van der Waals surface area contributed by atoms with Crippen molar-refractivity contribution in [2.75, 3.05) is 4.90 Å². The van der Waals surface area contributed by atoms with Gasteiger partial charge in [0, 0.05) is 0 Å². The SMILES string of the molecule is OB1OCc2cc(F)c(N3C=NC4C=C(OCc5ccccc5)C=CC43)cc21. The molecule has 2 heterocycles. The highest BCUT2D eigenvalue weighted by atomic mass is 19.1. The molecule has 0 amide bonds. The summed E-state index contributed by atoms with van der Waals surface area (Å²) in [6.07, 6.45) is 7.46. The summed E-state index contributed by atoms with van der Waals surface area (Å²) in [5.41, 5.74) is 2.76. The first-order valence-corrected chi connectivity index (χ1v) is 9.19.